The van der Waals surface area contributed by atoms with Crippen LogP contribution in [-0.2, 0) is 0 Å². The molecule has 1 aromatic rings. The fourth-order valence-electron chi connectivity index (χ4n) is 3.07. The number of piperidine rings is 1. The summed E-state index contributed by atoms with van der Waals surface area (Å²) in [6, 6.07) is 0. The molecule has 6 heteroatoms. The smallest absolute Gasteiger partial charge is 0.257 e. The predicted molar refractivity (Wildman–Crippen MR) is 90.3 cm³/mol. The molecule has 23 heavy (non-hydrogen) atoms. The predicted octanol–water partition coefficient (Wildman–Crippen LogP) is 2.17. The number of hydrogen-bond acceptors (Lipinski definition) is 5. The number of anilines is 1. The van der Waals surface area contributed by atoms with Gasteiger partial charge in [0.25, 0.3) is 5.91 Å². The molecule has 1 amide bonds. The Hall–Kier alpha value is -1.69. The second kappa shape index (κ2) is 7.25. The molecule has 0 bridgehead atoms. The average molecular weight is 320 g/mol. The third-order valence-corrected chi connectivity index (χ3v) is 4.48. The van der Waals surface area contributed by atoms with Gasteiger partial charge in [-0.1, -0.05) is 13.8 Å². The quantitative estimate of drug-likeness (QED) is 0.869. The number of carbonyl (C=O) groups is 1. The van der Waals surface area contributed by atoms with E-state index in [0.717, 1.165) is 13.0 Å². The molecule has 128 valence electrons. The molecule has 0 unspecified atom stereocenters. The Balaban J connectivity index is 2.07. The summed E-state index contributed by atoms with van der Waals surface area (Å²) in [6.45, 7) is 10.0. The van der Waals surface area contributed by atoms with Crippen LogP contribution in [0.5, 0.6) is 0 Å². The summed E-state index contributed by atoms with van der Waals surface area (Å²) in [6.07, 6.45) is 4.65. The first-order valence-electron chi connectivity index (χ1n) is 8.41. The summed E-state index contributed by atoms with van der Waals surface area (Å²) < 4.78 is 0. The summed E-state index contributed by atoms with van der Waals surface area (Å²) in [4.78, 5) is 22.8. The van der Waals surface area contributed by atoms with Gasteiger partial charge in [0.05, 0.1) is 11.2 Å². The van der Waals surface area contributed by atoms with E-state index in [1.54, 1.807) is 12.4 Å². The number of likely N-dealkylation sites (tertiary alicyclic amines) is 1. The number of amides is 1. The van der Waals surface area contributed by atoms with Gasteiger partial charge in [0.2, 0.25) is 5.95 Å². The van der Waals surface area contributed by atoms with E-state index in [2.05, 4.69) is 29.1 Å². The van der Waals surface area contributed by atoms with Crippen molar-refractivity contribution in [3.05, 3.63) is 18.0 Å². The third kappa shape index (κ3) is 4.41. The lowest BCUT2D eigenvalue weighted by Gasteiger charge is -2.43. The Morgan fingerprint density at radius 2 is 2.13 bits per heavy atom. The number of aromatic nitrogens is 2. The van der Waals surface area contributed by atoms with Crippen LogP contribution in [0, 0.1) is 11.8 Å². The van der Waals surface area contributed by atoms with Gasteiger partial charge in [0.15, 0.2) is 0 Å². The Morgan fingerprint density at radius 3 is 2.70 bits per heavy atom. The van der Waals surface area contributed by atoms with E-state index in [1.165, 1.54) is 0 Å². The zero-order chi connectivity index (χ0) is 17.0. The molecule has 0 saturated carbocycles. The number of rotatable bonds is 5. The maximum absolute atomic E-state index is 12.7. The molecule has 6 nitrogen and oxygen atoms in total. The molecule has 1 aromatic heterocycles. The summed E-state index contributed by atoms with van der Waals surface area (Å²) in [7, 11) is 0. The highest BCUT2D eigenvalue weighted by Crippen LogP contribution is 2.32. The fraction of sp³-hybridized carbons (Fsp3) is 0.706. The molecule has 0 aliphatic carbocycles. The minimum absolute atomic E-state index is 0.0581. The first kappa shape index (κ1) is 17.7. The Kier molecular flexibility index (Phi) is 5.57. The van der Waals surface area contributed by atoms with E-state index in [9.17, 15) is 9.90 Å². The van der Waals surface area contributed by atoms with Crippen molar-refractivity contribution in [2.45, 2.75) is 46.1 Å². The zero-order valence-corrected chi connectivity index (χ0v) is 14.5. The van der Waals surface area contributed by atoms with Crippen molar-refractivity contribution >= 4 is 11.9 Å². The molecule has 2 rings (SSSR count). The third-order valence-electron chi connectivity index (χ3n) is 4.48. The van der Waals surface area contributed by atoms with Crippen LogP contribution in [0.15, 0.2) is 12.4 Å². The second-order valence-electron chi connectivity index (χ2n) is 7.01. The highest BCUT2D eigenvalue weighted by molar-refractivity contribution is 5.93. The molecule has 2 N–H and O–H groups in total. The van der Waals surface area contributed by atoms with Gasteiger partial charge in [0.1, 0.15) is 0 Å². The first-order valence-corrected chi connectivity index (χ1v) is 8.41. The monoisotopic (exact) mass is 320 g/mol. The van der Waals surface area contributed by atoms with Crippen molar-refractivity contribution < 1.29 is 9.90 Å². The zero-order valence-electron chi connectivity index (χ0n) is 14.5. The standard InChI is InChI=1S/C17H28N4O2/c1-5-18-16-19-9-13(10-20-16)15(22)21-7-6-17(4,23)14(11-21)8-12(2)3/h9-10,12,14,23H,5-8,11H2,1-4H3,(H,18,19,20)/t14-,17+/m1/s1. The van der Waals surface area contributed by atoms with Crippen molar-refractivity contribution in [3.8, 4) is 0 Å². The fourth-order valence-corrected chi connectivity index (χ4v) is 3.07. The van der Waals surface area contributed by atoms with Crippen LogP contribution in [0.4, 0.5) is 5.95 Å². The van der Waals surface area contributed by atoms with Crippen LogP contribution >= 0.6 is 0 Å². The van der Waals surface area contributed by atoms with Crippen LogP contribution in [0.2, 0.25) is 0 Å². The number of carbonyl (C=O) groups excluding carboxylic acids is 1. The van der Waals surface area contributed by atoms with Crippen molar-refractivity contribution in [3.63, 3.8) is 0 Å². The number of hydrogen-bond donors (Lipinski definition) is 2. The molecule has 1 aliphatic rings. The molecular formula is C17H28N4O2. The average Bonchev–Trinajstić information content (AvgIpc) is 2.49. The summed E-state index contributed by atoms with van der Waals surface area (Å²) in [5, 5.41) is 13.6. The normalized spacial score (nSPS) is 24.8. The van der Waals surface area contributed by atoms with Gasteiger partial charge in [-0.25, -0.2) is 9.97 Å². The van der Waals surface area contributed by atoms with Gasteiger partial charge in [-0.2, -0.15) is 0 Å². The first-order chi connectivity index (χ1) is 10.8. The largest absolute Gasteiger partial charge is 0.390 e. The van der Waals surface area contributed by atoms with Crippen molar-refractivity contribution in [1.29, 1.82) is 0 Å². The Bertz CT molecular complexity index is 528. The van der Waals surface area contributed by atoms with Gasteiger partial charge >= 0.3 is 0 Å². The number of aliphatic hydroxyl groups is 1. The van der Waals surface area contributed by atoms with Crippen LogP contribution in [0.1, 0.15) is 50.9 Å². The van der Waals surface area contributed by atoms with E-state index in [4.69, 9.17) is 0 Å². The lowest BCUT2D eigenvalue weighted by atomic mass is 9.78. The molecule has 0 radical (unpaired) electrons. The van der Waals surface area contributed by atoms with Crippen LogP contribution < -0.4 is 5.32 Å². The van der Waals surface area contributed by atoms with E-state index < -0.39 is 5.60 Å². The molecule has 1 aliphatic heterocycles. The highest BCUT2D eigenvalue weighted by atomic mass is 16.3. The number of nitrogens with one attached hydrogen (secondary N) is 1. The Morgan fingerprint density at radius 1 is 1.48 bits per heavy atom. The molecule has 2 atom stereocenters. The van der Waals surface area contributed by atoms with Gasteiger partial charge in [-0.05, 0) is 32.6 Å². The van der Waals surface area contributed by atoms with E-state index >= 15 is 0 Å². The maximum atomic E-state index is 12.7. The molecule has 0 spiro atoms. The second-order valence-corrected chi connectivity index (χ2v) is 7.01. The maximum Gasteiger partial charge on any atom is 0.257 e. The van der Waals surface area contributed by atoms with Crippen LogP contribution in [-0.4, -0.2) is 51.1 Å². The van der Waals surface area contributed by atoms with Crippen LogP contribution in [0.3, 0.4) is 0 Å². The highest BCUT2D eigenvalue weighted by Gasteiger charge is 2.39. The lowest BCUT2D eigenvalue weighted by molar-refractivity contribution is -0.0577. The lowest BCUT2D eigenvalue weighted by Crippen LogP contribution is -2.52. The summed E-state index contributed by atoms with van der Waals surface area (Å²) in [5.41, 5.74) is -0.205. The topological polar surface area (TPSA) is 78.4 Å². The molecular weight excluding hydrogens is 292 g/mol. The van der Waals surface area contributed by atoms with E-state index in [1.807, 2.05) is 18.7 Å². The minimum atomic E-state index is -0.702. The van der Waals surface area contributed by atoms with Crippen molar-refractivity contribution in [2.75, 3.05) is 25.0 Å². The molecule has 2 heterocycles. The number of nitrogens with zero attached hydrogens (tertiary/aromatic N) is 3. The van der Waals surface area contributed by atoms with Gasteiger partial charge < -0.3 is 15.3 Å². The van der Waals surface area contributed by atoms with Crippen LogP contribution in [0.25, 0.3) is 0 Å². The Labute approximate surface area is 138 Å². The van der Waals surface area contributed by atoms with Gasteiger partial charge in [-0.3, -0.25) is 4.79 Å². The van der Waals surface area contributed by atoms with E-state index in [0.29, 0.717) is 36.9 Å². The van der Waals surface area contributed by atoms with Gasteiger partial charge in [0, 0.05) is 37.9 Å². The summed E-state index contributed by atoms with van der Waals surface area (Å²) >= 11 is 0. The SMILES string of the molecule is CCNc1ncc(C(=O)N2CC[C@](C)(O)[C@H](CC(C)C)C2)cn1. The van der Waals surface area contributed by atoms with E-state index in [-0.39, 0.29) is 11.8 Å². The van der Waals surface area contributed by atoms with Crippen molar-refractivity contribution in [1.82, 2.24) is 14.9 Å². The molecule has 0 aromatic carbocycles. The molecule has 1 saturated heterocycles. The minimum Gasteiger partial charge on any atom is -0.390 e. The summed E-state index contributed by atoms with van der Waals surface area (Å²) in [5.74, 6) is 1.06. The van der Waals surface area contributed by atoms with Gasteiger partial charge in [-0.15, -0.1) is 0 Å². The molecule has 1 fully saturated rings. The van der Waals surface area contributed by atoms with Crippen molar-refractivity contribution in [2.24, 2.45) is 11.8 Å².